The van der Waals surface area contributed by atoms with E-state index in [2.05, 4.69) is 4.98 Å². The van der Waals surface area contributed by atoms with Gasteiger partial charge in [-0.3, -0.25) is 14.2 Å². The van der Waals surface area contributed by atoms with Crippen LogP contribution in [-0.4, -0.2) is 22.4 Å². The molecular formula is C21H20N2O3. The molecule has 1 aromatic heterocycles. The predicted molar refractivity (Wildman–Crippen MR) is 101 cm³/mol. The Morgan fingerprint density at radius 2 is 1.73 bits per heavy atom. The second kappa shape index (κ2) is 7.35. The number of ketones is 1. The van der Waals surface area contributed by atoms with E-state index in [4.69, 9.17) is 4.74 Å². The third kappa shape index (κ3) is 3.57. The highest BCUT2D eigenvalue weighted by Gasteiger charge is 2.18. The number of ether oxygens (including phenoxy) is 1. The summed E-state index contributed by atoms with van der Waals surface area (Å²) in [5.41, 5.74) is 2.77. The van der Waals surface area contributed by atoms with Crippen LogP contribution < -0.4 is 10.3 Å². The minimum atomic E-state index is -0.623. The standard InChI is InChI=1S/C21H20N2O3/c1-14-4-6-17(7-5-14)21(25)15(2)23-13-22-19(12-20(23)24)16-8-10-18(26-3)11-9-16/h4-13,15H,1-3H3/t15-/m0/s1. The van der Waals surface area contributed by atoms with Gasteiger partial charge < -0.3 is 4.74 Å². The van der Waals surface area contributed by atoms with Gasteiger partial charge in [-0.1, -0.05) is 29.8 Å². The van der Waals surface area contributed by atoms with Crippen molar-refractivity contribution in [2.24, 2.45) is 0 Å². The van der Waals surface area contributed by atoms with Gasteiger partial charge in [0, 0.05) is 17.2 Å². The first-order chi connectivity index (χ1) is 12.5. The number of methoxy groups -OCH3 is 1. The second-order valence-corrected chi connectivity index (χ2v) is 6.15. The molecule has 1 atom stereocenters. The molecule has 132 valence electrons. The average molecular weight is 348 g/mol. The van der Waals surface area contributed by atoms with E-state index in [0.717, 1.165) is 16.9 Å². The summed E-state index contributed by atoms with van der Waals surface area (Å²) in [5, 5.41) is 0. The van der Waals surface area contributed by atoms with Gasteiger partial charge in [-0.15, -0.1) is 0 Å². The summed E-state index contributed by atoms with van der Waals surface area (Å²) in [5.74, 6) is 0.616. The number of rotatable bonds is 5. The maximum Gasteiger partial charge on any atom is 0.254 e. The summed E-state index contributed by atoms with van der Waals surface area (Å²) in [6, 6.07) is 15.4. The smallest absolute Gasteiger partial charge is 0.254 e. The second-order valence-electron chi connectivity index (χ2n) is 6.15. The summed E-state index contributed by atoms with van der Waals surface area (Å²) < 4.78 is 6.49. The lowest BCUT2D eigenvalue weighted by Gasteiger charge is -2.14. The molecule has 3 aromatic rings. The summed E-state index contributed by atoms with van der Waals surface area (Å²) >= 11 is 0. The molecule has 0 N–H and O–H groups in total. The molecule has 0 spiro atoms. The molecule has 26 heavy (non-hydrogen) atoms. The van der Waals surface area contributed by atoms with Crippen molar-refractivity contribution in [3.63, 3.8) is 0 Å². The first kappa shape index (κ1) is 17.6. The minimum absolute atomic E-state index is 0.119. The molecule has 0 aliphatic carbocycles. The Kier molecular flexibility index (Phi) is 4.98. The van der Waals surface area contributed by atoms with Crippen LogP contribution in [-0.2, 0) is 0 Å². The van der Waals surface area contributed by atoms with Gasteiger partial charge >= 0.3 is 0 Å². The van der Waals surface area contributed by atoms with Gasteiger partial charge in [0.15, 0.2) is 5.78 Å². The van der Waals surface area contributed by atoms with Crippen LogP contribution >= 0.6 is 0 Å². The number of hydrogen-bond acceptors (Lipinski definition) is 4. The normalized spacial score (nSPS) is 11.8. The molecular weight excluding hydrogens is 328 g/mol. The average Bonchev–Trinajstić information content (AvgIpc) is 2.67. The van der Waals surface area contributed by atoms with Gasteiger partial charge in [0.05, 0.1) is 25.2 Å². The fourth-order valence-corrected chi connectivity index (χ4v) is 2.71. The Morgan fingerprint density at radius 1 is 1.08 bits per heavy atom. The monoisotopic (exact) mass is 348 g/mol. The van der Waals surface area contributed by atoms with E-state index < -0.39 is 6.04 Å². The quantitative estimate of drug-likeness (QED) is 0.660. The number of carbonyl (C=O) groups excluding carboxylic acids is 1. The minimum Gasteiger partial charge on any atom is -0.497 e. The van der Waals surface area contributed by atoms with Gasteiger partial charge in [0.2, 0.25) is 0 Å². The maximum absolute atomic E-state index is 12.6. The Bertz CT molecular complexity index is 973. The van der Waals surface area contributed by atoms with Gasteiger partial charge in [0.1, 0.15) is 5.75 Å². The number of hydrogen-bond donors (Lipinski definition) is 0. The van der Waals surface area contributed by atoms with Crippen molar-refractivity contribution in [1.82, 2.24) is 9.55 Å². The molecule has 0 aliphatic heterocycles. The van der Waals surface area contributed by atoms with Crippen LogP contribution in [0.2, 0.25) is 0 Å². The molecule has 0 saturated heterocycles. The molecule has 2 aromatic carbocycles. The molecule has 5 heteroatoms. The van der Waals surface area contributed by atoms with E-state index in [-0.39, 0.29) is 11.3 Å². The Hall–Kier alpha value is -3.21. The Balaban J connectivity index is 1.87. The van der Waals surface area contributed by atoms with Crippen LogP contribution in [0.5, 0.6) is 5.75 Å². The molecule has 1 heterocycles. The van der Waals surface area contributed by atoms with E-state index in [0.29, 0.717) is 11.3 Å². The summed E-state index contributed by atoms with van der Waals surface area (Å²) in [6.07, 6.45) is 1.43. The highest BCUT2D eigenvalue weighted by molar-refractivity contribution is 5.98. The first-order valence-corrected chi connectivity index (χ1v) is 8.33. The van der Waals surface area contributed by atoms with E-state index in [1.165, 1.54) is 17.0 Å². The lowest BCUT2D eigenvalue weighted by atomic mass is 10.0. The molecule has 0 amide bonds. The maximum atomic E-state index is 12.6. The van der Waals surface area contributed by atoms with Gasteiger partial charge in [-0.05, 0) is 38.1 Å². The largest absolute Gasteiger partial charge is 0.497 e. The Labute approximate surface area is 151 Å². The van der Waals surface area contributed by atoms with E-state index in [1.807, 2.05) is 43.3 Å². The molecule has 0 bridgehead atoms. The van der Waals surface area contributed by atoms with Crippen LogP contribution in [0.4, 0.5) is 0 Å². The lowest BCUT2D eigenvalue weighted by molar-refractivity contribution is 0.0932. The van der Waals surface area contributed by atoms with Crippen molar-refractivity contribution in [3.05, 3.63) is 82.4 Å². The third-order valence-corrected chi connectivity index (χ3v) is 4.35. The highest BCUT2D eigenvalue weighted by atomic mass is 16.5. The van der Waals surface area contributed by atoms with Crippen molar-refractivity contribution in [2.75, 3.05) is 7.11 Å². The van der Waals surface area contributed by atoms with Crippen LogP contribution in [0, 0.1) is 6.92 Å². The van der Waals surface area contributed by atoms with Crippen molar-refractivity contribution in [3.8, 4) is 17.0 Å². The topological polar surface area (TPSA) is 61.2 Å². The zero-order valence-corrected chi connectivity index (χ0v) is 15.0. The van der Waals surface area contributed by atoms with Crippen LogP contribution in [0.15, 0.2) is 65.7 Å². The van der Waals surface area contributed by atoms with Crippen LogP contribution in [0.3, 0.4) is 0 Å². The zero-order chi connectivity index (χ0) is 18.7. The number of nitrogens with zero attached hydrogens (tertiary/aromatic N) is 2. The van der Waals surface area contributed by atoms with Gasteiger partial charge in [-0.25, -0.2) is 4.98 Å². The number of carbonyl (C=O) groups is 1. The molecule has 0 unspecified atom stereocenters. The van der Waals surface area contributed by atoms with Gasteiger partial charge in [-0.2, -0.15) is 0 Å². The van der Waals surface area contributed by atoms with Gasteiger partial charge in [0.25, 0.3) is 5.56 Å². The van der Waals surface area contributed by atoms with Crippen molar-refractivity contribution in [1.29, 1.82) is 0 Å². The third-order valence-electron chi connectivity index (χ3n) is 4.35. The lowest BCUT2D eigenvalue weighted by Crippen LogP contribution is -2.28. The number of benzene rings is 2. The molecule has 0 radical (unpaired) electrons. The van der Waals surface area contributed by atoms with Crippen LogP contribution in [0.1, 0.15) is 28.9 Å². The number of Topliss-reactive ketones (excluding diaryl/α,β-unsaturated/α-hetero) is 1. The predicted octanol–water partition coefficient (Wildman–Crippen LogP) is 3.67. The summed E-state index contributed by atoms with van der Waals surface area (Å²) in [7, 11) is 1.60. The number of aryl methyl sites for hydroxylation is 1. The molecule has 0 aliphatic rings. The molecule has 0 saturated carbocycles. The van der Waals surface area contributed by atoms with Crippen LogP contribution in [0.25, 0.3) is 11.3 Å². The molecule has 3 rings (SSSR count). The summed E-state index contributed by atoms with van der Waals surface area (Å²) in [4.78, 5) is 29.5. The highest BCUT2D eigenvalue weighted by Crippen LogP contribution is 2.20. The van der Waals surface area contributed by atoms with Crippen molar-refractivity contribution < 1.29 is 9.53 Å². The summed E-state index contributed by atoms with van der Waals surface area (Å²) in [6.45, 7) is 3.67. The SMILES string of the molecule is COc1ccc(-c2cc(=O)n([C@@H](C)C(=O)c3ccc(C)cc3)cn2)cc1. The zero-order valence-electron chi connectivity index (χ0n) is 15.0. The van der Waals surface area contributed by atoms with E-state index in [9.17, 15) is 9.59 Å². The van der Waals surface area contributed by atoms with E-state index >= 15 is 0 Å². The Morgan fingerprint density at radius 3 is 2.31 bits per heavy atom. The van der Waals surface area contributed by atoms with Crippen molar-refractivity contribution >= 4 is 5.78 Å². The van der Waals surface area contributed by atoms with E-state index in [1.54, 1.807) is 26.2 Å². The first-order valence-electron chi connectivity index (χ1n) is 8.33. The fourth-order valence-electron chi connectivity index (χ4n) is 2.71. The molecule has 0 fully saturated rings. The van der Waals surface area contributed by atoms with Crippen molar-refractivity contribution in [2.45, 2.75) is 19.9 Å². The number of aromatic nitrogens is 2. The fraction of sp³-hybridized carbons (Fsp3) is 0.190. The molecule has 5 nitrogen and oxygen atoms in total.